The first-order valence-corrected chi connectivity index (χ1v) is 7.47. The summed E-state index contributed by atoms with van der Waals surface area (Å²) in [6, 6.07) is 7.83. The fourth-order valence-corrected chi connectivity index (χ4v) is 2.38. The van der Waals surface area contributed by atoms with E-state index in [4.69, 9.17) is 9.47 Å². The van der Waals surface area contributed by atoms with E-state index < -0.39 is 0 Å². The Bertz CT molecular complexity index is 464. The summed E-state index contributed by atoms with van der Waals surface area (Å²) in [4.78, 5) is 14.0. The normalized spacial score (nSPS) is 17.5. The van der Waals surface area contributed by atoms with E-state index in [1.165, 1.54) is 0 Å². The molecule has 1 atom stereocenters. The molecule has 5 nitrogen and oxygen atoms in total. The Morgan fingerprint density at radius 2 is 2.23 bits per heavy atom. The van der Waals surface area contributed by atoms with Crippen molar-refractivity contribution >= 4 is 18.3 Å². The SMILES string of the molecule is CCOc1ccccc1CN(C)C(=O)CC1CNCCO1.Cl. The quantitative estimate of drug-likeness (QED) is 0.866. The minimum Gasteiger partial charge on any atom is -0.494 e. The fraction of sp³-hybridized carbons (Fsp3) is 0.562. The first kappa shape index (κ1) is 18.7. The molecule has 1 aromatic carbocycles. The van der Waals surface area contributed by atoms with Gasteiger partial charge in [-0.3, -0.25) is 4.79 Å². The lowest BCUT2D eigenvalue weighted by Crippen LogP contribution is -2.41. The number of benzene rings is 1. The van der Waals surface area contributed by atoms with Crippen LogP contribution in [0.3, 0.4) is 0 Å². The molecule has 1 amide bonds. The van der Waals surface area contributed by atoms with Crippen molar-refractivity contribution < 1.29 is 14.3 Å². The van der Waals surface area contributed by atoms with Gasteiger partial charge in [-0.25, -0.2) is 0 Å². The van der Waals surface area contributed by atoms with Crippen LogP contribution in [-0.4, -0.2) is 50.3 Å². The number of carbonyl (C=O) groups is 1. The number of para-hydroxylation sites is 1. The molecule has 0 bridgehead atoms. The van der Waals surface area contributed by atoms with E-state index in [0.717, 1.165) is 24.4 Å². The van der Waals surface area contributed by atoms with E-state index in [1.54, 1.807) is 4.90 Å². The number of nitrogens with zero attached hydrogens (tertiary/aromatic N) is 1. The minimum atomic E-state index is -0.0177. The van der Waals surface area contributed by atoms with Gasteiger partial charge >= 0.3 is 0 Å². The topological polar surface area (TPSA) is 50.8 Å². The van der Waals surface area contributed by atoms with Gasteiger partial charge in [-0.1, -0.05) is 18.2 Å². The van der Waals surface area contributed by atoms with Crippen molar-refractivity contribution in [1.29, 1.82) is 0 Å². The summed E-state index contributed by atoms with van der Waals surface area (Å²) in [7, 11) is 1.82. The number of hydrogen-bond acceptors (Lipinski definition) is 4. The maximum absolute atomic E-state index is 12.3. The zero-order valence-electron chi connectivity index (χ0n) is 13.2. The van der Waals surface area contributed by atoms with Gasteiger partial charge in [-0.2, -0.15) is 0 Å². The molecular formula is C16H25ClN2O3. The molecule has 1 unspecified atom stereocenters. The molecule has 1 heterocycles. The van der Waals surface area contributed by atoms with Crippen molar-refractivity contribution in [3.8, 4) is 5.75 Å². The van der Waals surface area contributed by atoms with Gasteiger partial charge in [0.15, 0.2) is 0 Å². The van der Waals surface area contributed by atoms with E-state index >= 15 is 0 Å². The zero-order valence-corrected chi connectivity index (χ0v) is 14.0. The van der Waals surface area contributed by atoms with Crippen molar-refractivity contribution in [2.24, 2.45) is 0 Å². The summed E-state index contributed by atoms with van der Waals surface area (Å²) in [5, 5.41) is 3.24. The Hall–Kier alpha value is -1.30. The Balaban J connectivity index is 0.00000242. The Morgan fingerprint density at radius 3 is 2.91 bits per heavy atom. The predicted octanol–water partition coefficient (Wildman–Crippen LogP) is 1.84. The first-order chi connectivity index (χ1) is 10.2. The van der Waals surface area contributed by atoms with Crippen LogP contribution in [0.1, 0.15) is 18.9 Å². The minimum absolute atomic E-state index is 0. The second-order valence-corrected chi connectivity index (χ2v) is 5.19. The number of amides is 1. The van der Waals surface area contributed by atoms with Gasteiger partial charge in [0.25, 0.3) is 0 Å². The van der Waals surface area contributed by atoms with Crippen molar-refractivity contribution in [3.63, 3.8) is 0 Å². The average Bonchev–Trinajstić information content (AvgIpc) is 2.50. The smallest absolute Gasteiger partial charge is 0.225 e. The van der Waals surface area contributed by atoms with Crippen molar-refractivity contribution in [2.75, 3.05) is 33.4 Å². The highest BCUT2D eigenvalue weighted by molar-refractivity contribution is 5.85. The van der Waals surface area contributed by atoms with E-state index in [9.17, 15) is 4.79 Å². The van der Waals surface area contributed by atoms with E-state index in [0.29, 0.717) is 26.2 Å². The molecule has 1 aliphatic heterocycles. The van der Waals surface area contributed by atoms with Crippen LogP contribution in [0, 0.1) is 0 Å². The monoisotopic (exact) mass is 328 g/mol. The maximum Gasteiger partial charge on any atom is 0.225 e. The van der Waals surface area contributed by atoms with E-state index in [2.05, 4.69) is 5.32 Å². The number of nitrogens with one attached hydrogen (secondary N) is 1. The molecule has 0 saturated carbocycles. The van der Waals surface area contributed by atoms with Gasteiger partial charge in [0, 0.05) is 32.2 Å². The van der Waals surface area contributed by atoms with Gasteiger partial charge in [-0.15, -0.1) is 12.4 Å². The second kappa shape index (κ2) is 9.66. The van der Waals surface area contributed by atoms with Crippen LogP contribution >= 0.6 is 12.4 Å². The van der Waals surface area contributed by atoms with E-state index in [1.807, 2.05) is 38.2 Å². The molecule has 0 radical (unpaired) electrons. The highest BCUT2D eigenvalue weighted by atomic mass is 35.5. The van der Waals surface area contributed by atoms with Crippen LogP contribution in [0.25, 0.3) is 0 Å². The number of rotatable bonds is 6. The number of carbonyl (C=O) groups excluding carboxylic acids is 1. The average molecular weight is 329 g/mol. The molecule has 2 rings (SSSR count). The molecule has 1 aliphatic rings. The van der Waals surface area contributed by atoms with Crippen LogP contribution in [0.15, 0.2) is 24.3 Å². The third kappa shape index (κ3) is 5.48. The number of halogens is 1. The summed E-state index contributed by atoms with van der Waals surface area (Å²) in [5.74, 6) is 0.935. The lowest BCUT2D eigenvalue weighted by molar-refractivity contribution is -0.134. The molecule has 0 aliphatic carbocycles. The van der Waals surface area contributed by atoms with Crippen LogP contribution in [0.5, 0.6) is 5.75 Å². The second-order valence-electron chi connectivity index (χ2n) is 5.19. The molecular weight excluding hydrogens is 304 g/mol. The van der Waals surface area contributed by atoms with Crippen LogP contribution in [0.2, 0.25) is 0 Å². The fourth-order valence-electron chi connectivity index (χ4n) is 2.38. The maximum atomic E-state index is 12.3. The summed E-state index contributed by atoms with van der Waals surface area (Å²) >= 11 is 0. The summed E-state index contributed by atoms with van der Waals surface area (Å²) < 4.78 is 11.2. The number of ether oxygens (including phenoxy) is 2. The molecule has 22 heavy (non-hydrogen) atoms. The van der Waals surface area contributed by atoms with Gasteiger partial charge in [0.2, 0.25) is 5.91 Å². The van der Waals surface area contributed by atoms with Crippen molar-refractivity contribution in [3.05, 3.63) is 29.8 Å². The highest BCUT2D eigenvalue weighted by Gasteiger charge is 2.20. The highest BCUT2D eigenvalue weighted by Crippen LogP contribution is 2.20. The standard InChI is InChI=1S/C16H24N2O3.ClH/c1-3-20-15-7-5-4-6-13(15)12-18(2)16(19)10-14-11-17-8-9-21-14;/h4-7,14,17H,3,8-12H2,1-2H3;1H. The van der Waals surface area contributed by atoms with Gasteiger partial charge in [0.1, 0.15) is 5.75 Å². The molecule has 0 aromatic heterocycles. The van der Waals surface area contributed by atoms with Gasteiger partial charge in [0.05, 0.1) is 25.7 Å². The molecule has 1 aromatic rings. The summed E-state index contributed by atoms with van der Waals surface area (Å²) in [6.45, 7) is 5.41. The Labute approximate surface area is 138 Å². The van der Waals surface area contributed by atoms with Gasteiger partial charge in [-0.05, 0) is 13.0 Å². The van der Waals surface area contributed by atoms with Crippen molar-refractivity contribution in [1.82, 2.24) is 10.2 Å². The lowest BCUT2D eigenvalue weighted by atomic mass is 10.1. The molecule has 6 heteroatoms. The zero-order chi connectivity index (χ0) is 15.1. The third-order valence-electron chi connectivity index (χ3n) is 3.51. The lowest BCUT2D eigenvalue weighted by Gasteiger charge is -2.26. The summed E-state index contributed by atoms with van der Waals surface area (Å²) in [6.07, 6.45) is 0.399. The predicted molar refractivity (Wildman–Crippen MR) is 88.6 cm³/mol. The largest absolute Gasteiger partial charge is 0.494 e. The third-order valence-corrected chi connectivity index (χ3v) is 3.51. The van der Waals surface area contributed by atoms with Crippen LogP contribution < -0.4 is 10.1 Å². The first-order valence-electron chi connectivity index (χ1n) is 7.47. The Kier molecular flexibility index (Phi) is 8.24. The molecule has 0 spiro atoms. The Morgan fingerprint density at radius 1 is 1.45 bits per heavy atom. The molecule has 1 N–H and O–H groups in total. The van der Waals surface area contributed by atoms with Gasteiger partial charge < -0.3 is 19.7 Å². The molecule has 124 valence electrons. The van der Waals surface area contributed by atoms with Crippen LogP contribution in [0.4, 0.5) is 0 Å². The molecule has 1 fully saturated rings. The van der Waals surface area contributed by atoms with Crippen LogP contribution in [-0.2, 0) is 16.1 Å². The molecule has 1 saturated heterocycles. The number of morpholine rings is 1. The summed E-state index contributed by atoms with van der Waals surface area (Å²) in [5.41, 5.74) is 1.03. The van der Waals surface area contributed by atoms with E-state index in [-0.39, 0.29) is 24.4 Å². The number of hydrogen-bond donors (Lipinski definition) is 1. The van der Waals surface area contributed by atoms with Crippen molar-refractivity contribution in [2.45, 2.75) is 26.0 Å².